The highest BCUT2D eigenvalue weighted by molar-refractivity contribution is 5.58. The zero-order valence-corrected chi connectivity index (χ0v) is 10.9. The van der Waals surface area contributed by atoms with Crippen LogP contribution in [0.3, 0.4) is 0 Å². The Morgan fingerprint density at radius 1 is 1.47 bits per heavy atom. The van der Waals surface area contributed by atoms with Crippen molar-refractivity contribution in [3.8, 4) is 5.75 Å². The van der Waals surface area contributed by atoms with Crippen molar-refractivity contribution in [2.45, 2.75) is 12.8 Å². The van der Waals surface area contributed by atoms with Gasteiger partial charge in [-0.1, -0.05) is 0 Å². The summed E-state index contributed by atoms with van der Waals surface area (Å²) >= 11 is 0. The highest BCUT2D eigenvalue weighted by Gasteiger charge is 2.17. The van der Waals surface area contributed by atoms with Crippen LogP contribution >= 0.6 is 0 Å². The molecule has 1 aromatic carbocycles. The van der Waals surface area contributed by atoms with Gasteiger partial charge >= 0.3 is 5.69 Å². The van der Waals surface area contributed by atoms with Crippen molar-refractivity contribution in [3.05, 3.63) is 28.3 Å². The Morgan fingerprint density at radius 2 is 2.21 bits per heavy atom. The maximum absolute atomic E-state index is 10.9. The summed E-state index contributed by atoms with van der Waals surface area (Å²) in [7, 11) is 1.43. The van der Waals surface area contributed by atoms with Gasteiger partial charge in [-0.2, -0.15) is 0 Å². The molecule has 6 heteroatoms. The molecule has 1 aromatic rings. The Bertz CT molecular complexity index is 444. The first-order valence-electron chi connectivity index (χ1n) is 6.34. The van der Waals surface area contributed by atoms with Crippen LogP contribution in [0.25, 0.3) is 0 Å². The summed E-state index contributed by atoms with van der Waals surface area (Å²) in [5.41, 5.74) is 0.735. The van der Waals surface area contributed by atoms with Gasteiger partial charge in [0.1, 0.15) is 0 Å². The first-order chi connectivity index (χ1) is 9.20. The molecule has 1 aliphatic rings. The minimum Gasteiger partial charge on any atom is -0.490 e. The molecule has 2 rings (SSSR count). The van der Waals surface area contributed by atoms with Gasteiger partial charge in [-0.3, -0.25) is 10.1 Å². The van der Waals surface area contributed by atoms with Crippen molar-refractivity contribution in [3.63, 3.8) is 0 Å². The third-order valence-corrected chi connectivity index (χ3v) is 3.31. The van der Waals surface area contributed by atoms with Crippen molar-refractivity contribution in [1.29, 1.82) is 0 Å². The minimum atomic E-state index is -0.432. The zero-order valence-electron chi connectivity index (χ0n) is 10.9. The fraction of sp³-hybridized carbons (Fsp3) is 0.538. The largest absolute Gasteiger partial charge is 0.490 e. The molecular formula is C13H18N2O4. The van der Waals surface area contributed by atoms with Gasteiger partial charge < -0.3 is 14.8 Å². The standard InChI is InChI=1S/C13H18N2O4/c1-18-13-3-2-11(8-12(13)15(16)17)14-9-10-4-6-19-7-5-10/h2-3,8,10,14H,4-7,9H2,1H3. The molecule has 1 aliphatic heterocycles. The molecular weight excluding hydrogens is 248 g/mol. The average molecular weight is 266 g/mol. The molecule has 0 unspecified atom stereocenters. The lowest BCUT2D eigenvalue weighted by atomic mass is 10.0. The second-order valence-electron chi connectivity index (χ2n) is 4.58. The van der Waals surface area contributed by atoms with E-state index in [2.05, 4.69) is 5.32 Å². The summed E-state index contributed by atoms with van der Waals surface area (Å²) in [4.78, 5) is 10.5. The number of nitro groups is 1. The van der Waals surface area contributed by atoms with Crippen LogP contribution in [-0.2, 0) is 4.74 Å². The van der Waals surface area contributed by atoms with Crippen molar-refractivity contribution >= 4 is 11.4 Å². The average Bonchev–Trinajstić information content (AvgIpc) is 2.46. The van der Waals surface area contributed by atoms with Gasteiger partial charge in [0.05, 0.1) is 12.0 Å². The van der Waals surface area contributed by atoms with Crippen LogP contribution in [0, 0.1) is 16.0 Å². The Balaban J connectivity index is 2.00. The van der Waals surface area contributed by atoms with Crippen LogP contribution in [0.15, 0.2) is 18.2 Å². The Morgan fingerprint density at radius 3 is 2.84 bits per heavy atom. The lowest BCUT2D eigenvalue weighted by Crippen LogP contribution is -2.22. The molecule has 0 saturated carbocycles. The number of hydrogen-bond acceptors (Lipinski definition) is 5. The molecule has 0 amide bonds. The SMILES string of the molecule is COc1ccc(NCC2CCOCC2)cc1[N+](=O)[O-]. The van der Waals surface area contributed by atoms with Crippen molar-refractivity contribution in [2.24, 2.45) is 5.92 Å². The van der Waals surface area contributed by atoms with Gasteiger partial charge in [-0.15, -0.1) is 0 Å². The van der Waals surface area contributed by atoms with Crippen LogP contribution in [0.1, 0.15) is 12.8 Å². The second kappa shape index (κ2) is 6.38. The summed E-state index contributed by atoms with van der Waals surface area (Å²) in [6.45, 7) is 2.41. The molecule has 0 radical (unpaired) electrons. The zero-order chi connectivity index (χ0) is 13.7. The number of methoxy groups -OCH3 is 1. The van der Waals surface area contributed by atoms with Gasteiger partial charge in [-0.25, -0.2) is 0 Å². The predicted molar refractivity (Wildman–Crippen MR) is 71.7 cm³/mol. The number of anilines is 1. The number of benzene rings is 1. The third-order valence-electron chi connectivity index (χ3n) is 3.31. The highest BCUT2D eigenvalue weighted by atomic mass is 16.6. The molecule has 1 heterocycles. The van der Waals surface area contributed by atoms with Crippen LogP contribution in [0.5, 0.6) is 5.75 Å². The second-order valence-corrected chi connectivity index (χ2v) is 4.58. The van der Waals surface area contributed by atoms with E-state index in [0.717, 1.165) is 38.3 Å². The minimum absolute atomic E-state index is 0.0144. The Labute approximate surface area is 111 Å². The molecule has 1 N–H and O–H groups in total. The van der Waals surface area contributed by atoms with Crippen LogP contribution in [0.2, 0.25) is 0 Å². The molecule has 0 atom stereocenters. The molecule has 104 valence electrons. The quantitative estimate of drug-likeness (QED) is 0.654. The number of ether oxygens (including phenoxy) is 2. The fourth-order valence-corrected chi connectivity index (χ4v) is 2.16. The molecule has 0 aromatic heterocycles. The van der Waals surface area contributed by atoms with Gasteiger partial charge in [-0.05, 0) is 30.9 Å². The summed E-state index contributed by atoms with van der Waals surface area (Å²) in [6.07, 6.45) is 2.07. The first kappa shape index (κ1) is 13.6. The van der Waals surface area contributed by atoms with E-state index in [1.165, 1.54) is 13.2 Å². The van der Waals surface area contributed by atoms with Crippen LogP contribution in [0.4, 0.5) is 11.4 Å². The van der Waals surface area contributed by atoms with E-state index in [0.29, 0.717) is 5.92 Å². The maximum atomic E-state index is 10.9. The predicted octanol–water partition coefficient (Wildman–Crippen LogP) is 2.44. The number of hydrogen-bond donors (Lipinski definition) is 1. The molecule has 1 saturated heterocycles. The van der Waals surface area contributed by atoms with Gasteiger partial charge in [0, 0.05) is 31.5 Å². The number of nitro benzene ring substituents is 1. The molecule has 1 fully saturated rings. The smallest absolute Gasteiger partial charge is 0.312 e. The lowest BCUT2D eigenvalue weighted by molar-refractivity contribution is -0.385. The Hall–Kier alpha value is -1.82. The van der Waals surface area contributed by atoms with E-state index in [1.807, 2.05) is 0 Å². The molecule has 0 spiro atoms. The van der Waals surface area contributed by atoms with E-state index in [9.17, 15) is 10.1 Å². The third kappa shape index (κ3) is 3.57. The van der Waals surface area contributed by atoms with Crippen LogP contribution < -0.4 is 10.1 Å². The maximum Gasteiger partial charge on any atom is 0.312 e. The molecule has 6 nitrogen and oxygen atoms in total. The van der Waals surface area contributed by atoms with E-state index < -0.39 is 4.92 Å². The monoisotopic (exact) mass is 266 g/mol. The van der Waals surface area contributed by atoms with Crippen molar-refractivity contribution in [1.82, 2.24) is 0 Å². The summed E-state index contributed by atoms with van der Waals surface area (Å²) in [6, 6.07) is 4.92. The number of nitrogens with zero attached hydrogens (tertiary/aromatic N) is 1. The van der Waals surface area contributed by atoms with Gasteiger partial charge in [0.15, 0.2) is 5.75 Å². The molecule has 0 bridgehead atoms. The Kier molecular flexibility index (Phi) is 4.57. The highest BCUT2D eigenvalue weighted by Crippen LogP contribution is 2.29. The van der Waals surface area contributed by atoms with Crippen molar-refractivity contribution in [2.75, 3.05) is 32.2 Å². The van der Waals surface area contributed by atoms with E-state index in [1.54, 1.807) is 12.1 Å². The van der Waals surface area contributed by atoms with Crippen LogP contribution in [-0.4, -0.2) is 31.8 Å². The van der Waals surface area contributed by atoms with E-state index >= 15 is 0 Å². The summed E-state index contributed by atoms with van der Waals surface area (Å²) in [5, 5.41) is 14.2. The van der Waals surface area contributed by atoms with E-state index in [-0.39, 0.29) is 11.4 Å². The molecule has 19 heavy (non-hydrogen) atoms. The summed E-state index contributed by atoms with van der Waals surface area (Å²) < 4.78 is 10.3. The lowest BCUT2D eigenvalue weighted by Gasteiger charge is -2.22. The topological polar surface area (TPSA) is 73.6 Å². The van der Waals surface area contributed by atoms with Gasteiger partial charge in [0.2, 0.25) is 0 Å². The van der Waals surface area contributed by atoms with Crippen molar-refractivity contribution < 1.29 is 14.4 Å². The van der Waals surface area contributed by atoms with Gasteiger partial charge in [0.25, 0.3) is 0 Å². The first-order valence-corrected chi connectivity index (χ1v) is 6.34. The van der Waals surface area contributed by atoms with E-state index in [4.69, 9.17) is 9.47 Å². The molecule has 0 aliphatic carbocycles. The number of rotatable bonds is 5. The number of nitrogens with one attached hydrogen (secondary N) is 1. The summed E-state index contributed by atoms with van der Waals surface area (Å²) in [5.74, 6) is 0.844. The fourth-order valence-electron chi connectivity index (χ4n) is 2.16. The normalized spacial score (nSPS) is 16.1.